The number of rotatable bonds is 6. The Kier molecular flexibility index (Phi) is 14.3. The highest BCUT2D eigenvalue weighted by Gasteiger charge is 2.48. The number of likely N-dealkylation sites (tertiary alicyclic amines) is 3. The highest BCUT2D eigenvalue weighted by atomic mass is 19.4. The average molecular weight is 608 g/mol. The van der Waals surface area contributed by atoms with Crippen molar-refractivity contribution in [2.24, 2.45) is 23.2 Å². The molecule has 9 nitrogen and oxygen atoms in total. The predicted octanol–water partition coefficient (Wildman–Crippen LogP) is 3.83. The van der Waals surface area contributed by atoms with Crippen LogP contribution >= 0.6 is 0 Å². The first-order valence-electron chi connectivity index (χ1n) is 13.7. The molecule has 1 spiro atoms. The number of piperidine rings is 2. The number of ether oxygens (including phenoxy) is 1. The van der Waals surface area contributed by atoms with Crippen molar-refractivity contribution in [3.63, 3.8) is 0 Å². The van der Waals surface area contributed by atoms with Gasteiger partial charge < -0.3 is 29.6 Å². The summed E-state index contributed by atoms with van der Waals surface area (Å²) in [6, 6.07) is 0. The summed E-state index contributed by atoms with van der Waals surface area (Å²) in [6.45, 7) is 16.4. The zero-order valence-corrected chi connectivity index (χ0v) is 24.1. The number of hydrogen-bond acceptors (Lipinski definition) is 6. The molecule has 3 rings (SSSR count). The third-order valence-corrected chi connectivity index (χ3v) is 7.81. The number of carbonyl (C=O) groups is 3. The van der Waals surface area contributed by atoms with Gasteiger partial charge in [0.1, 0.15) is 0 Å². The largest absolute Gasteiger partial charge is 0.490 e. The molecule has 0 aromatic heterocycles. The summed E-state index contributed by atoms with van der Waals surface area (Å²) in [5.74, 6) is -3.50. The van der Waals surface area contributed by atoms with Gasteiger partial charge in [-0.15, -0.1) is 0 Å². The Hall–Kier alpha value is -2.13. The molecule has 0 aromatic rings. The van der Waals surface area contributed by atoms with Crippen LogP contribution in [0, 0.1) is 23.2 Å². The van der Waals surface area contributed by atoms with E-state index < -0.39 is 24.3 Å². The molecular formula is C26H43F6N3O6. The molecule has 1 unspecified atom stereocenters. The molecule has 3 heterocycles. The van der Waals surface area contributed by atoms with Crippen molar-refractivity contribution in [1.29, 1.82) is 0 Å². The molecule has 3 aliphatic rings. The van der Waals surface area contributed by atoms with Crippen molar-refractivity contribution < 1.29 is 55.7 Å². The van der Waals surface area contributed by atoms with Crippen molar-refractivity contribution in [2.75, 3.05) is 66.1 Å². The van der Waals surface area contributed by atoms with Crippen LogP contribution < -0.4 is 0 Å². The number of alkyl halides is 6. The average Bonchev–Trinajstić information content (AvgIpc) is 3.19. The molecule has 2 N–H and O–H groups in total. The minimum absolute atomic E-state index is 0.262. The van der Waals surface area contributed by atoms with E-state index in [1.54, 1.807) is 0 Å². The molecule has 1 amide bonds. The van der Waals surface area contributed by atoms with Gasteiger partial charge in [0.25, 0.3) is 0 Å². The predicted molar refractivity (Wildman–Crippen MR) is 137 cm³/mol. The minimum Gasteiger partial charge on any atom is -0.475 e. The summed E-state index contributed by atoms with van der Waals surface area (Å²) < 4.78 is 69.1. The quantitative estimate of drug-likeness (QED) is 0.439. The molecule has 15 heteroatoms. The second-order valence-corrected chi connectivity index (χ2v) is 11.2. The van der Waals surface area contributed by atoms with Gasteiger partial charge in [-0.05, 0) is 56.7 Å². The second-order valence-electron chi connectivity index (χ2n) is 11.2. The molecule has 0 aliphatic carbocycles. The molecule has 0 radical (unpaired) electrons. The molecule has 3 fully saturated rings. The zero-order valence-electron chi connectivity index (χ0n) is 24.1. The fourth-order valence-electron chi connectivity index (χ4n) is 5.72. The topological polar surface area (TPSA) is 111 Å². The Labute approximate surface area is 236 Å². The Morgan fingerprint density at radius 3 is 1.73 bits per heavy atom. The van der Waals surface area contributed by atoms with Crippen molar-refractivity contribution in [3.05, 3.63) is 0 Å². The summed E-state index contributed by atoms with van der Waals surface area (Å²) >= 11 is 0. The van der Waals surface area contributed by atoms with E-state index >= 15 is 0 Å². The monoisotopic (exact) mass is 607 g/mol. The maximum absolute atomic E-state index is 13.0. The first-order valence-corrected chi connectivity index (χ1v) is 13.7. The van der Waals surface area contributed by atoms with E-state index in [2.05, 4.69) is 35.5 Å². The molecule has 3 saturated heterocycles. The Balaban J connectivity index is 0.000000497. The van der Waals surface area contributed by atoms with Crippen molar-refractivity contribution in [3.8, 4) is 0 Å². The van der Waals surface area contributed by atoms with Crippen LogP contribution in [-0.4, -0.2) is 121 Å². The highest BCUT2D eigenvalue weighted by Crippen LogP contribution is 2.45. The van der Waals surface area contributed by atoms with Gasteiger partial charge in [-0.2, -0.15) is 26.3 Å². The summed E-state index contributed by atoms with van der Waals surface area (Å²) in [7, 11) is 1.83. The van der Waals surface area contributed by atoms with E-state index in [0.717, 1.165) is 71.6 Å². The zero-order chi connectivity index (χ0) is 31.6. The molecule has 0 bridgehead atoms. The Morgan fingerprint density at radius 2 is 1.37 bits per heavy atom. The van der Waals surface area contributed by atoms with E-state index in [4.69, 9.17) is 24.5 Å². The summed E-state index contributed by atoms with van der Waals surface area (Å²) in [5.41, 5.74) is 0.354. The van der Waals surface area contributed by atoms with Gasteiger partial charge in [0.05, 0.1) is 6.61 Å². The number of methoxy groups -OCH3 is 1. The number of amides is 1. The van der Waals surface area contributed by atoms with Crippen LogP contribution in [0.25, 0.3) is 0 Å². The van der Waals surface area contributed by atoms with Crippen LogP contribution in [0.5, 0.6) is 0 Å². The standard InChI is InChI=1S/C22H41N3O2.2C2HF3O2/c1-5-23-10-6-19(7-11-23)21(26)25-12-8-22(9-13-25)17-24(14-18(2)3)15-20(22)16-27-4;2*3-2(4,5)1(6)7/h18-20H,5-17H2,1-4H3;2*(H,6,7). The van der Waals surface area contributed by atoms with E-state index in [9.17, 15) is 31.1 Å². The Bertz CT molecular complexity index is 815. The lowest BCUT2D eigenvalue weighted by atomic mass is 9.71. The van der Waals surface area contributed by atoms with Crippen LogP contribution in [-0.2, 0) is 19.1 Å². The summed E-state index contributed by atoms with van der Waals surface area (Å²) in [6.07, 6.45) is -5.78. The molecule has 41 heavy (non-hydrogen) atoms. The van der Waals surface area contributed by atoms with Gasteiger partial charge >= 0.3 is 24.3 Å². The van der Waals surface area contributed by atoms with E-state index in [-0.39, 0.29) is 5.92 Å². The number of carboxylic acid groups (broad SMARTS) is 2. The number of carbonyl (C=O) groups excluding carboxylic acids is 1. The second kappa shape index (κ2) is 15.9. The lowest BCUT2D eigenvalue weighted by molar-refractivity contribution is -0.193. The molecule has 1 atom stereocenters. The number of aliphatic carboxylic acids is 2. The molecule has 0 saturated carbocycles. The smallest absolute Gasteiger partial charge is 0.475 e. The van der Waals surface area contributed by atoms with Crippen LogP contribution in [0.3, 0.4) is 0 Å². The van der Waals surface area contributed by atoms with Gasteiger partial charge in [-0.25, -0.2) is 9.59 Å². The highest BCUT2D eigenvalue weighted by molar-refractivity contribution is 5.79. The molecular weight excluding hydrogens is 564 g/mol. The fourth-order valence-corrected chi connectivity index (χ4v) is 5.72. The lowest BCUT2D eigenvalue weighted by Crippen LogP contribution is -2.50. The number of hydrogen-bond donors (Lipinski definition) is 2. The van der Waals surface area contributed by atoms with Crippen molar-refractivity contribution >= 4 is 17.8 Å². The molecule has 0 aromatic carbocycles. The van der Waals surface area contributed by atoms with E-state index in [1.165, 1.54) is 13.1 Å². The SMILES string of the molecule is CCN1CCC(C(=O)N2CCC3(CC2)CN(CC(C)C)CC3COC)CC1.O=C(O)C(F)(F)F.O=C(O)C(F)(F)F. The van der Waals surface area contributed by atoms with Crippen LogP contribution in [0.2, 0.25) is 0 Å². The Morgan fingerprint density at radius 1 is 0.902 bits per heavy atom. The third kappa shape index (κ3) is 11.9. The molecule has 240 valence electrons. The van der Waals surface area contributed by atoms with Crippen LogP contribution in [0.4, 0.5) is 26.3 Å². The summed E-state index contributed by atoms with van der Waals surface area (Å²) in [5, 5.41) is 14.2. The first-order chi connectivity index (χ1) is 18.9. The molecule has 3 aliphatic heterocycles. The normalized spacial score (nSPS) is 22.1. The maximum atomic E-state index is 13.0. The van der Waals surface area contributed by atoms with Gasteiger partial charge in [0.2, 0.25) is 5.91 Å². The minimum atomic E-state index is -5.08. The number of nitrogens with zero attached hydrogens (tertiary/aromatic N) is 3. The van der Waals surface area contributed by atoms with E-state index in [0.29, 0.717) is 23.2 Å². The van der Waals surface area contributed by atoms with Gasteiger partial charge in [-0.3, -0.25) is 4.79 Å². The van der Waals surface area contributed by atoms with Crippen molar-refractivity contribution in [2.45, 2.75) is 58.8 Å². The van der Waals surface area contributed by atoms with Gasteiger partial charge in [0.15, 0.2) is 0 Å². The fraction of sp³-hybridized carbons (Fsp3) is 0.885. The van der Waals surface area contributed by atoms with Crippen LogP contribution in [0.1, 0.15) is 46.5 Å². The third-order valence-electron chi connectivity index (χ3n) is 7.81. The van der Waals surface area contributed by atoms with Gasteiger partial charge in [0, 0.05) is 51.7 Å². The number of halogens is 6. The summed E-state index contributed by atoms with van der Waals surface area (Å²) in [4.78, 5) is 38.1. The van der Waals surface area contributed by atoms with E-state index in [1.807, 2.05) is 7.11 Å². The number of carboxylic acids is 2. The van der Waals surface area contributed by atoms with Gasteiger partial charge in [-0.1, -0.05) is 20.8 Å². The maximum Gasteiger partial charge on any atom is 0.490 e. The van der Waals surface area contributed by atoms with Crippen molar-refractivity contribution in [1.82, 2.24) is 14.7 Å². The van der Waals surface area contributed by atoms with Crippen LogP contribution in [0.15, 0.2) is 0 Å². The lowest BCUT2D eigenvalue weighted by Gasteiger charge is -2.44. The first kappa shape index (κ1) is 36.9.